The van der Waals surface area contributed by atoms with Crippen molar-refractivity contribution in [2.24, 2.45) is 10.7 Å². The molecular weight excluding hydrogens is 260 g/mol. The van der Waals surface area contributed by atoms with Crippen molar-refractivity contribution in [1.29, 1.82) is 0 Å². The first-order valence-corrected chi connectivity index (χ1v) is 7.64. The van der Waals surface area contributed by atoms with Crippen molar-refractivity contribution in [3.63, 3.8) is 0 Å². The number of likely N-dealkylation sites (tertiary alicyclic amines) is 1. The fourth-order valence-corrected chi connectivity index (χ4v) is 2.93. The van der Waals surface area contributed by atoms with Gasteiger partial charge in [0.1, 0.15) is 5.01 Å². The van der Waals surface area contributed by atoms with Crippen molar-refractivity contribution in [1.82, 2.24) is 9.88 Å². The minimum atomic E-state index is 0.558. The molecule has 5 nitrogen and oxygen atoms in total. The van der Waals surface area contributed by atoms with Crippen molar-refractivity contribution in [2.75, 3.05) is 20.2 Å². The third kappa shape index (κ3) is 4.47. The lowest BCUT2D eigenvalue weighted by atomic mass is 10.2. The van der Waals surface area contributed by atoms with E-state index in [0.29, 0.717) is 19.1 Å². The molecule has 0 bridgehead atoms. The summed E-state index contributed by atoms with van der Waals surface area (Å²) >= 11 is 1.60. The van der Waals surface area contributed by atoms with Gasteiger partial charge in [-0.3, -0.25) is 0 Å². The van der Waals surface area contributed by atoms with Crippen LogP contribution in [0.15, 0.2) is 10.4 Å². The summed E-state index contributed by atoms with van der Waals surface area (Å²) in [5, 5.41) is 3.01. The average molecular weight is 282 g/mol. The van der Waals surface area contributed by atoms with Gasteiger partial charge in [-0.15, -0.1) is 11.3 Å². The van der Waals surface area contributed by atoms with E-state index < -0.39 is 0 Å². The van der Waals surface area contributed by atoms with Crippen LogP contribution < -0.4 is 5.73 Å². The van der Waals surface area contributed by atoms with Gasteiger partial charge in [-0.2, -0.15) is 0 Å². The Morgan fingerprint density at radius 3 is 2.84 bits per heavy atom. The van der Waals surface area contributed by atoms with E-state index in [1.807, 2.05) is 5.38 Å². The highest BCUT2D eigenvalue weighted by atomic mass is 32.1. The van der Waals surface area contributed by atoms with Crippen LogP contribution in [-0.2, 0) is 17.9 Å². The van der Waals surface area contributed by atoms with Gasteiger partial charge in [-0.1, -0.05) is 12.8 Å². The lowest BCUT2D eigenvalue weighted by Gasteiger charge is -2.20. The zero-order chi connectivity index (χ0) is 13.5. The predicted octanol–water partition coefficient (Wildman–Crippen LogP) is 1.98. The lowest BCUT2D eigenvalue weighted by Crippen LogP contribution is -2.38. The van der Waals surface area contributed by atoms with E-state index in [1.165, 1.54) is 25.7 Å². The van der Waals surface area contributed by atoms with E-state index in [4.69, 9.17) is 10.5 Å². The second-order valence-electron chi connectivity index (χ2n) is 4.74. The molecule has 1 fully saturated rings. The predicted molar refractivity (Wildman–Crippen MR) is 78.2 cm³/mol. The van der Waals surface area contributed by atoms with Crippen LogP contribution in [0.3, 0.4) is 0 Å². The summed E-state index contributed by atoms with van der Waals surface area (Å²) in [5.41, 5.74) is 7.03. The molecule has 19 heavy (non-hydrogen) atoms. The number of nitrogens with zero attached hydrogens (tertiary/aromatic N) is 3. The van der Waals surface area contributed by atoms with Crippen molar-refractivity contribution in [2.45, 2.75) is 38.8 Å². The molecular formula is C13H22N4OS. The van der Waals surface area contributed by atoms with E-state index in [-0.39, 0.29) is 0 Å². The quantitative estimate of drug-likeness (QED) is 0.677. The molecule has 2 heterocycles. The summed E-state index contributed by atoms with van der Waals surface area (Å²) < 4.78 is 5.06. The van der Waals surface area contributed by atoms with Crippen LogP contribution in [0, 0.1) is 0 Å². The Labute approximate surface area is 118 Å². The topological polar surface area (TPSA) is 63.7 Å². The van der Waals surface area contributed by atoms with Gasteiger partial charge in [0.15, 0.2) is 5.96 Å². The molecule has 0 spiro atoms. The Morgan fingerprint density at radius 1 is 1.42 bits per heavy atom. The van der Waals surface area contributed by atoms with E-state index in [1.54, 1.807) is 18.4 Å². The molecule has 1 aliphatic heterocycles. The molecule has 0 amide bonds. The van der Waals surface area contributed by atoms with Gasteiger partial charge >= 0.3 is 0 Å². The maximum Gasteiger partial charge on any atom is 0.191 e. The fourth-order valence-electron chi connectivity index (χ4n) is 2.17. The second-order valence-corrected chi connectivity index (χ2v) is 5.68. The van der Waals surface area contributed by atoms with Gasteiger partial charge in [-0.25, -0.2) is 9.98 Å². The maximum atomic E-state index is 6.06. The number of hydrogen-bond donors (Lipinski definition) is 1. The summed E-state index contributed by atoms with van der Waals surface area (Å²) in [6, 6.07) is 0. The zero-order valence-corrected chi connectivity index (χ0v) is 12.3. The first-order chi connectivity index (χ1) is 9.29. The molecule has 1 aromatic rings. The molecule has 1 aliphatic rings. The van der Waals surface area contributed by atoms with Gasteiger partial charge < -0.3 is 15.4 Å². The SMILES string of the molecule is COCc1nc(CN=C(N)N2CCCCCC2)cs1. The number of thiazole rings is 1. The number of aliphatic imine (C=N–C) groups is 1. The average Bonchev–Trinajstić information content (AvgIpc) is 2.69. The molecule has 0 unspecified atom stereocenters. The van der Waals surface area contributed by atoms with Crippen molar-refractivity contribution >= 4 is 17.3 Å². The smallest absolute Gasteiger partial charge is 0.191 e. The summed E-state index contributed by atoms with van der Waals surface area (Å²) in [6.45, 7) is 3.18. The molecule has 1 saturated heterocycles. The second kappa shape index (κ2) is 7.45. The standard InChI is InChI=1S/C13H22N4OS/c1-18-9-12-16-11(10-19-12)8-15-13(14)17-6-4-2-3-5-7-17/h10H,2-9H2,1H3,(H2,14,15). The maximum absolute atomic E-state index is 6.06. The Kier molecular flexibility index (Phi) is 5.60. The van der Waals surface area contributed by atoms with Crippen LogP contribution in [0.5, 0.6) is 0 Å². The normalized spacial score (nSPS) is 17.5. The summed E-state index contributed by atoms with van der Waals surface area (Å²) in [4.78, 5) is 11.1. The first kappa shape index (κ1) is 14.3. The highest BCUT2D eigenvalue weighted by Gasteiger charge is 2.10. The minimum Gasteiger partial charge on any atom is -0.378 e. The van der Waals surface area contributed by atoms with Crippen molar-refractivity contribution in [3.8, 4) is 0 Å². The summed E-state index contributed by atoms with van der Waals surface area (Å²) in [6.07, 6.45) is 5.03. The van der Waals surface area contributed by atoms with Crippen molar-refractivity contribution in [3.05, 3.63) is 16.1 Å². The number of rotatable bonds is 4. The third-order valence-corrected chi connectivity index (χ3v) is 4.07. The van der Waals surface area contributed by atoms with E-state index in [0.717, 1.165) is 23.8 Å². The largest absolute Gasteiger partial charge is 0.378 e. The summed E-state index contributed by atoms with van der Waals surface area (Å²) in [5.74, 6) is 0.656. The van der Waals surface area contributed by atoms with Crippen LogP contribution >= 0.6 is 11.3 Å². The molecule has 2 N–H and O–H groups in total. The van der Waals surface area contributed by atoms with Gasteiger partial charge in [0.2, 0.25) is 0 Å². The van der Waals surface area contributed by atoms with E-state index >= 15 is 0 Å². The lowest BCUT2D eigenvalue weighted by molar-refractivity contribution is 0.184. The molecule has 6 heteroatoms. The van der Waals surface area contributed by atoms with Crippen molar-refractivity contribution < 1.29 is 4.74 Å². The highest BCUT2D eigenvalue weighted by Crippen LogP contribution is 2.12. The molecule has 0 aromatic carbocycles. The van der Waals surface area contributed by atoms with Crippen LogP contribution in [0.4, 0.5) is 0 Å². The molecule has 0 saturated carbocycles. The van der Waals surface area contributed by atoms with Crippen LogP contribution in [-0.4, -0.2) is 36.0 Å². The minimum absolute atomic E-state index is 0.558. The van der Waals surface area contributed by atoms with Crippen LogP contribution in [0.25, 0.3) is 0 Å². The van der Waals surface area contributed by atoms with E-state index in [9.17, 15) is 0 Å². The Bertz CT molecular complexity index is 411. The zero-order valence-electron chi connectivity index (χ0n) is 11.5. The number of hydrogen-bond acceptors (Lipinski definition) is 4. The molecule has 1 aromatic heterocycles. The highest BCUT2D eigenvalue weighted by molar-refractivity contribution is 7.09. The van der Waals surface area contributed by atoms with Gasteiger partial charge in [0.05, 0.1) is 18.8 Å². The van der Waals surface area contributed by atoms with Gasteiger partial charge in [-0.05, 0) is 12.8 Å². The molecule has 0 atom stereocenters. The molecule has 106 valence electrons. The first-order valence-electron chi connectivity index (χ1n) is 6.76. The molecule has 0 aliphatic carbocycles. The molecule has 0 radical (unpaired) electrons. The molecule has 2 rings (SSSR count). The van der Waals surface area contributed by atoms with E-state index in [2.05, 4.69) is 14.9 Å². The number of aromatic nitrogens is 1. The van der Waals surface area contributed by atoms with Gasteiger partial charge in [0, 0.05) is 25.6 Å². The third-order valence-electron chi connectivity index (χ3n) is 3.20. The number of nitrogens with two attached hydrogens (primary N) is 1. The monoisotopic (exact) mass is 282 g/mol. The number of methoxy groups -OCH3 is 1. The van der Waals surface area contributed by atoms with Crippen LogP contribution in [0.1, 0.15) is 36.4 Å². The Hall–Kier alpha value is -1.14. The number of ether oxygens (including phenoxy) is 1. The fraction of sp³-hybridized carbons (Fsp3) is 0.692. The summed E-state index contributed by atoms with van der Waals surface area (Å²) in [7, 11) is 1.68. The number of guanidine groups is 1. The van der Waals surface area contributed by atoms with Crippen LogP contribution in [0.2, 0.25) is 0 Å². The Balaban J connectivity index is 1.88. The van der Waals surface area contributed by atoms with Gasteiger partial charge in [0.25, 0.3) is 0 Å². The Morgan fingerprint density at radius 2 is 2.16 bits per heavy atom.